The maximum absolute atomic E-state index is 9.11. The Morgan fingerprint density at radius 2 is 2.22 bits per heavy atom. The van der Waals surface area contributed by atoms with Crippen molar-refractivity contribution >= 4 is 0 Å². The first kappa shape index (κ1) is 8.41. The van der Waals surface area contributed by atoms with E-state index in [4.69, 9.17) is 15.1 Å². The van der Waals surface area contributed by atoms with Gasteiger partial charge in [-0.05, 0) is 13.8 Å². The second-order valence-corrected chi connectivity index (χ2v) is 2.14. The largest absolute Gasteiger partial charge is 0.378 e. The van der Waals surface area contributed by atoms with Gasteiger partial charge in [-0.2, -0.15) is 5.26 Å². The molecule has 0 fully saturated rings. The summed E-state index contributed by atoms with van der Waals surface area (Å²) < 4.78 is 4.73. The molecule has 0 aliphatic carbocycles. The average Bonchev–Trinajstić information content (AvgIpc) is 1.86. The van der Waals surface area contributed by atoms with E-state index in [-0.39, 0.29) is 0 Å². The van der Waals surface area contributed by atoms with Gasteiger partial charge in [0.25, 0.3) is 0 Å². The van der Waals surface area contributed by atoms with Crippen LogP contribution < -0.4 is 0 Å². The highest BCUT2D eigenvalue weighted by Crippen LogP contribution is 2.09. The summed E-state index contributed by atoms with van der Waals surface area (Å²) in [4.78, 5) is 0. The Morgan fingerprint density at radius 3 is 2.33 bits per heavy atom. The molecule has 0 rings (SSSR count). The smallest absolute Gasteiger partial charge is 0.174 e. The molecule has 2 atom stereocenters. The lowest BCUT2D eigenvalue weighted by molar-refractivity contribution is -0.0351. The summed E-state index contributed by atoms with van der Waals surface area (Å²) in [5, 5.41) is 17.4. The van der Waals surface area contributed by atoms with Crippen molar-refractivity contribution in [2.45, 2.75) is 25.6 Å². The van der Waals surface area contributed by atoms with Gasteiger partial charge >= 0.3 is 0 Å². The van der Waals surface area contributed by atoms with E-state index < -0.39 is 11.7 Å². The second kappa shape index (κ2) is 2.81. The summed E-state index contributed by atoms with van der Waals surface area (Å²) in [6.45, 7) is 3.06. The molecule has 0 aromatic carbocycles. The number of rotatable bonds is 2. The highest BCUT2D eigenvalue weighted by molar-refractivity contribution is 5.00. The van der Waals surface area contributed by atoms with Gasteiger partial charge in [0.2, 0.25) is 0 Å². The zero-order valence-electron chi connectivity index (χ0n) is 5.88. The fourth-order valence-electron chi connectivity index (χ4n) is 0.320. The first-order valence-electron chi connectivity index (χ1n) is 2.71. The molecule has 0 saturated carbocycles. The van der Waals surface area contributed by atoms with Crippen molar-refractivity contribution in [2.75, 3.05) is 7.11 Å². The van der Waals surface area contributed by atoms with E-state index in [0.717, 1.165) is 0 Å². The standard InChI is InChI=1S/C6H11NO2/c1-5(9-3)6(2,8)4-7/h5,8H,1-3H3. The Balaban J connectivity index is 4.01. The summed E-state index contributed by atoms with van der Waals surface area (Å²) in [5.41, 5.74) is -1.37. The molecule has 0 aliphatic rings. The molecule has 52 valence electrons. The molecule has 1 N–H and O–H groups in total. The van der Waals surface area contributed by atoms with Crippen molar-refractivity contribution < 1.29 is 9.84 Å². The van der Waals surface area contributed by atoms with Gasteiger partial charge in [-0.1, -0.05) is 0 Å². The Hall–Kier alpha value is -0.590. The first-order chi connectivity index (χ1) is 4.04. The van der Waals surface area contributed by atoms with Crippen molar-refractivity contribution in [1.29, 1.82) is 5.26 Å². The van der Waals surface area contributed by atoms with Gasteiger partial charge in [-0.25, -0.2) is 0 Å². The lowest BCUT2D eigenvalue weighted by Crippen LogP contribution is -2.36. The Morgan fingerprint density at radius 1 is 1.78 bits per heavy atom. The summed E-state index contributed by atoms with van der Waals surface area (Å²) >= 11 is 0. The summed E-state index contributed by atoms with van der Waals surface area (Å²) in [6.07, 6.45) is -0.442. The second-order valence-electron chi connectivity index (χ2n) is 2.14. The molecular formula is C6H11NO2. The number of nitrogens with zero attached hydrogens (tertiary/aromatic N) is 1. The first-order valence-corrected chi connectivity index (χ1v) is 2.71. The Kier molecular flexibility index (Phi) is 2.63. The summed E-state index contributed by atoms with van der Waals surface area (Å²) in [7, 11) is 1.45. The van der Waals surface area contributed by atoms with Crippen molar-refractivity contribution in [1.82, 2.24) is 0 Å². The van der Waals surface area contributed by atoms with Crippen LogP contribution in [0.3, 0.4) is 0 Å². The van der Waals surface area contributed by atoms with Crippen LogP contribution >= 0.6 is 0 Å². The molecule has 0 aliphatic heterocycles. The molecule has 0 radical (unpaired) electrons. The van der Waals surface area contributed by atoms with Crippen LogP contribution in [0, 0.1) is 11.3 Å². The van der Waals surface area contributed by atoms with E-state index in [0.29, 0.717) is 0 Å². The van der Waals surface area contributed by atoms with E-state index in [2.05, 4.69) is 0 Å². The molecule has 0 bridgehead atoms. The fraction of sp³-hybridized carbons (Fsp3) is 0.833. The third-order valence-corrected chi connectivity index (χ3v) is 1.37. The van der Waals surface area contributed by atoms with Crippen LogP contribution in [0.2, 0.25) is 0 Å². The van der Waals surface area contributed by atoms with E-state index in [1.807, 2.05) is 0 Å². The van der Waals surface area contributed by atoms with Crippen LogP contribution in [0.1, 0.15) is 13.8 Å². The highest BCUT2D eigenvalue weighted by Gasteiger charge is 2.27. The summed E-state index contributed by atoms with van der Waals surface area (Å²) in [6, 6.07) is 1.72. The number of nitriles is 1. The zero-order chi connectivity index (χ0) is 7.49. The highest BCUT2D eigenvalue weighted by atomic mass is 16.5. The SMILES string of the molecule is COC(C)C(C)(O)C#N. The van der Waals surface area contributed by atoms with Crippen molar-refractivity contribution in [3.63, 3.8) is 0 Å². The number of hydrogen-bond acceptors (Lipinski definition) is 3. The van der Waals surface area contributed by atoms with Crippen LogP contribution in [0.4, 0.5) is 0 Å². The molecule has 0 aromatic rings. The molecular weight excluding hydrogens is 118 g/mol. The van der Waals surface area contributed by atoms with Gasteiger partial charge < -0.3 is 9.84 Å². The minimum absolute atomic E-state index is 0.442. The monoisotopic (exact) mass is 129 g/mol. The number of aliphatic hydroxyl groups is 1. The van der Waals surface area contributed by atoms with Gasteiger partial charge in [0.05, 0.1) is 12.2 Å². The molecule has 2 unspecified atom stereocenters. The number of ether oxygens (including phenoxy) is 1. The topological polar surface area (TPSA) is 53.2 Å². The lowest BCUT2D eigenvalue weighted by atomic mass is 10.0. The van der Waals surface area contributed by atoms with Crippen LogP contribution in [0.5, 0.6) is 0 Å². The molecule has 9 heavy (non-hydrogen) atoms. The molecule has 3 nitrogen and oxygen atoms in total. The number of hydrogen-bond donors (Lipinski definition) is 1. The Labute approximate surface area is 54.9 Å². The minimum atomic E-state index is -1.37. The normalized spacial score (nSPS) is 19.9. The van der Waals surface area contributed by atoms with Gasteiger partial charge in [0.1, 0.15) is 0 Å². The summed E-state index contributed by atoms with van der Waals surface area (Å²) in [5.74, 6) is 0. The maximum Gasteiger partial charge on any atom is 0.174 e. The molecule has 0 aromatic heterocycles. The van der Waals surface area contributed by atoms with Gasteiger partial charge in [-0.15, -0.1) is 0 Å². The van der Waals surface area contributed by atoms with Gasteiger partial charge in [-0.3, -0.25) is 0 Å². The third-order valence-electron chi connectivity index (χ3n) is 1.37. The van der Waals surface area contributed by atoms with Crippen LogP contribution in [0.15, 0.2) is 0 Å². The lowest BCUT2D eigenvalue weighted by Gasteiger charge is -2.20. The fourth-order valence-corrected chi connectivity index (χ4v) is 0.320. The van der Waals surface area contributed by atoms with Crippen molar-refractivity contribution in [3.05, 3.63) is 0 Å². The van der Waals surface area contributed by atoms with Crippen molar-refractivity contribution in [2.24, 2.45) is 0 Å². The molecule has 0 saturated heterocycles. The zero-order valence-corrected chi connectivity index (χ0v) is 5.88. The molecule has 0 spiro atoms. The quantitative estimate of drug-likeness (QED) is 0.545. The average molecular weight is 129 g/mol. The predicted octanol–water partition coefficient (Wildman–Crippen LogP) is 0.296. The van der Waals surface area contributed by atoms with E-state index in [1.54, 1.807) is 13.0 Å². The third kappa shape index (κ3) is 2.00. The van der Waals surface area contributed by atoms with Gasteiger partial charge in [0.15, 0.2) is 5.60 Å². The predicted molar refractivity (Wildman–Crippen MR) is 32.7 cm³/mol. The Bertz CT molecular complexity index is 126. The number of methoxy groups -OCH3 is 1. The molecule has 3 heteroatoms. The van der Waals surface area contributed by atoms with E-state index >= 15 is 0 Å². The van der Waals surface area contributed by atoms with Gasteiger partial charge in [0, 0.05) is 7.11 Å². The molecule has 0 heterocycles. The van der Waals surface area contributed by atoms with E-state index in [1.165, 1.54) is 14.0 Å². The van der Waals surface area contributed by atoms with Crippen LogP contribution in [-0.2, 0) is 4.74 Å². The van der Waals surface area contributed by atoms with E-state index in [9.17, 15) is 0 Å². The van der Waals surface area contributed by atoms with Crippen LogP contribution in [-0.4, -0.2) is 23.9 Å². The molecule has 0 amide bonds. The van der Waals surface area contributed by atoms with Crippen LogP contribution in [0.25, 0.3) is 0 Å². The maximum atomic E-state index is 9.11. The minimum Gasteiger partial charge on any atom is -0.378 e. The van der Waals surface area contributed by atoms with Crippen molar-refractivity contribution in [3.8, 4) is 6.07 Å².